The molecule has 0 radical (unpaired) electrons. The molecule has 0 fully saturated rings. The number of ether oxygens (including phenoxy) is 1. The van der Waals surface area contributed by atoms with Crippen LogP contribution >= 0.6 is 0 Å². The Morgan fingerprint density at radius 1 is 1.25 bits per heavy atom. The number of hydrogen-bond acceptors (Lipinski definition) is 5. The van der Waals surface area contributed by atoms with Gasteiger partial charge in [-0.05, 0) is 27.7 Å². The first-order valence-electron chi connectivity index (χ1n) is 5.96. The van der Waals surface area contributed by atoms with Gasteiger partial charge in [-0.25, -0.2) is 9.59 Å². The maximum Gasteiger partial charge on any atom is 0.328 e. The van der Waals surface area contributed by atoms with Crippen LogP contribution in [0.2, 0.25) is 0 Å². The van der Waals surface area contributed by atoms with Crippen molar-refractivity contribution in [3.63, 3.8) is 0 Å². The second-order valence-corrected chi connectivity index (χ2v) is 5.23. The minimum atomic E-state index is -0.912. The summed E-state index contributed by atoms with van der Waals surface area (Å²) in [5.74, 6) is -1.36. The summed E-state index contributed by atoms with van der Waals surface area (Å²) >= 11 is 0. The van der Waals surface area contributed by atoms with Crippen LogP contribution in [0.4, 0.5) is 0 Å². The van der Waals surface area contributed by atoms with E-state index in [-0.39, 0.29) is 5.69 Å². The average molecular weight is 283 g/mol. The van der Waals surface area contributed by atoms with E-state index in [1.807, 2.05) is 4.98 Å². The number of carbonyl (C=O) groups excluding carboxylic acids is 2. The van der Waals surface area contributed by atoms with Gasteiger partial charge < -0.3 is 15.0 Å². The van der Waals surface area contributed by atoms with E-state index in [0.717, 1.165) is 6.07 Å². The summed E-state index contributed by atoms with van der Waals surface area (Å²) < 4.78 is 5.09. The maximum atomic E-state index is 11.8. The molecule has 20 heavy (non-hydrogen) atoms. The fourth-order valence-electron chi connectivity index (χ4n) is 1.31. The lowest BCUT2D eigenvalue weighted by Crippen LogP contribution is -2.43. The van der Waals surface area contributed by atoms with Crippen molar-refractivity contribution in [2.24, 2.45) is 0 Å². The molecule has 0 unspecified atom stereocenters. The van der Waals surface area contributed by atoms with Crippen molar-refractivity contribution in [2.45, 2.75) is 39.3 Å². The minimum Gasteiger partial charge on any atom is -0.458 e. The quantitative estimate of drug-likeness (QED) is 0.647. The maximum absolute atomic E-state index is 11.8. The topological polar surface area (TPSA) is 121 Å². The molecular formula is C12H17N3O5. The molecule has 1 rings (SSSR count). The lowest BCUT2D eigenvalue weighted by molar-refractivity contribution is -0.156. The van der Waals surface area contributed by atoms with Crippen molar-refractivity contribution in [3.8, 4) is 0 Å². The molecule has 3 N–H and O–H groups in total. The Balaban J connectivity index is 2.78. The highest BCUT2D eigenvalue weighted by Crippen LogP contribution is 2.08. The van der Waals surface area contributed by atoms with E-state index in [9.17, 15) is 19.2 Å². The summed E-state index contributed by atoms with van der Waals surface area (Å²) in [5, 5.41) is 2.34. The number of amides is 1. The van der Waals surface area contributed by atoms with Gasteiger partial charge in [0.2, 0.25) is 0 Å². The number of aromatic nitrogens is 2. The Morgan fingerprint density at radius 2 is 1.85 bits per heavy atom. The predicted molar refractivity (Wildman–Crippen MR) is 70.5 cm³/mol. The number of aromatic amines is 2. The summed E-state index contributed by atoms with van der Waals surface area (Å²) in [4.78, 5) is 49.7. The summed E-state index contributed by atoms with van der Waals surface area (Å²) in [7, 11) is 0. The van der Waals surface area contributed by atoms with Crippen molar-refractivity contribution in [1.29, 1.82) is 0 Å². The van der Waals surface area contributed by atoms with Crippen LogP contribution in [0.5, 0.6) is 0 Å². The van der Waals surface area contributed by atoms with Crippen LogP contribution in [-0.4, -0.2) is 33.5 Å². The third kappa shape index (κ3) is 4.71. The van der Waals surface area contributed by atoms with E-state index < -0.39 is 34.8 Å². The van der Waals surface area contributed by atoms with E-state index >= 15 is 0 Å². The first-order chi connectivity index (χ1) is 9.08. The number of rotatable bonds is 3. The van der Waals surface area contributed by atoms with Crippen molar-refractivity contribution < 1.29 is 14.3 Å². The first-order valence-corrected chi connectivity index (χ1v) is 5.96. The van der Waals surface area contributed by atoms with Gasteiger partial charge in [-0.2, -0.15) is 0 Å². The van der Waals surface area contributed by atoms with Gasteiger partial charge in [-0.15, -0.1) is 0 Å². The van der Waals surface area contributed by atoms with Crippen LogP contribution in [-0.2, 0) is 9.53 Å². The summed E-state index contributed by atoms with van der Waals surface area (Å²) in [6.07, 6.45) is 0. The summed E-state index contributed by atoms with van der Waals surface area (Å²) in [5.41, 5.74) is -2.40. The first kappa shape index (κ1) is 15.7. The zero-order chi connectivity index (χ0) is 15.5. The average Bonchev–Trinajstić information content (AvgIpc) is 2.25. The van der Waals surface area contributed by atoms with Gasteiger partial charge in [0.1, 0.15) is 17.3 Å². The Bertz CT molecular complexity index is 595. The molecule has 0 saturated heterocycles. The molecule has 110 valence electrons. The lowest BCUT2D eigenvalue weighted by atomic mass is 10.2. The third-order valence-corrected chi connectivity index (χ3v) is 2.11. The zero-order valence-corrected chi connectivity index (χ0v) is 11.7. The Hall–Kier alpha value is -2.38. The number of nitrogens with one attached hydrogen (secondary N) is 3. The highest BCUT2D eigenvalue weighted by Gasteiger charge is 2.23. The van der Waals surface area contributed by atoms with Gasteiger partial charge in [0.05, 0.1) is 0 Å². The zero-order valence-electron chi connectivity index (χ0n) is 11.7. The summed E-state index contributed by atoms with van der Waals surface area (Å²) in [6, 6.07) is 0.0166. The van der Waals surface area contributed by atoms with Gasteiger partial charge in [0.15, 0.2) is 0 Å². The summed E-state index contributed by atoms with van der Waals surface area (Å²) in [6.45, 7) is 6.55. The van der Waals surface area contributed by atoms with Crippen molar-refractivity contribution in [3.05, 3.63) is 32.6 Å². The number of carbonyl (C=O) groups is 2. The number of H-pyrrole nitrogens is 2. The molecular weight excluding hydrogens is 266 g/mol. The van der Waals surface area contributed by atoms with Crippen molar-refractivity contribution in [2.75, 3.05) is 0 Å². The molecule has 0 spiro atoms. The standard InChI is InChI=1S/C12H17N3O5/c1-6(10(18)20-12(2,3)4)13-9(17)7-5-8(16)15-11(19)14-7/h5-6H,1-4H3,(H,13,17)(H2,14,15,16,19)/t6-/m0/s1. The van der Waals surface area contributed by atoms with Crippen molar-refractivity contribution in [1.82, 2.24) is 15.3 Å². The van der Waals surface area contributed by atoms with Gasteiger partial charge in [0, 0.05) is 6.07 Å². The minimum absolute atomic E-state index is 0.228. The highest BCUT2D eigenvalue weighted by atomic mass is 16.6. The van der Waals surface area contributed by atoms with Crippen molar-refractivity contribution >= 4 is 11.9 Å². The molecule has 0 aliphatic carbocycles. The second kappa shape index (κ2) is 5.72. The van der Waals surface area contributed by atoms with E-state index in [4.69, 9.17) is 4.74 Å². The van der Waals surface area contributed by atoms with Gasteiger partial charge >= 0.3 is 11.7 Å². The van der Waals surface area contributed by atoms with Gasteiger partial charge in [-0.1, -0.05) is 0 Å². The molecule has 1 amide bonds. The fraction of sp³-hybridized carbons (Fsp3) is 0.500. The van der Waals surface area contributed by atoms with Crippen LogP contribution in [0.25, 0.3) is 0 Å². The van der Waals surface area contributed by atoms with Crippen LogP contribution in [0.1, 0.15) is 38.2 Å². The molecule has 8 heteroatoms. The molecule has 8 nitrogen and oxygen atoms in total. The molecule has 0 aliphatic rings. The Labute approximate surface area is 114 Å². The molecule has 1 atom stereocenters. The molecule has 0 bridgehead atoms. The third-order valence-electron chi connectivity index (χ3n) is 2.11. The monoisotopic (exact) mass is 283 g/mol. The molecule has 0 aromatic carbocycles. The van der Waals surface area contributed by atoms with Crippen LogP contribution in [0.15, 0.2) is 15.7 Å². The molecule has 0 aliphatic heterocycles. The predicted octanol–water partition coefficient (Wildman–Crippen LogP) is -0.477. The normalized spacial score (nSPS) is 12.6. The van der Waals surface area contributed by atoms with E-state index in [1.54, 1.807) is 20.8 Å². The van der Waals surface area contributed by atoms with E-state index in [2.05, 4.69) is 10.3 Å². The highest BCUT2D eigenvalue weighted by molar-refractivity contribution is 5.94. The smallest absolute Gasteiger partial charge is 0.328 e. The fourth-order valence-corrected chi connectivity index (χ4v) is 1.31. The largest absolute Gasteiger partial charge is 0.458 e. The van der Waals surface area contributed by atoms with Gasteiger partial charge in [-0.3, -0.25) is 14.6 Å². The Morgan fingerprint density at radius 3 is 2.35 bits per heavy atom. The van der Waals surface area contributed by atoms with Gasteiger partial charge in [0.25, 0.3) is 11.5 Å². The molecule has 1 heterocycles. The second-order valence-electron chi connectivity index (χ2n) is 5.23. The van der Waals surface area contributed by atoms with E-state index in [0.29, 0.717) is 0 Å². The lowest BCUT2D eigenvalue weighted by Gasteiger charge is -2.22. The SMILES string of the molecule is C[C@H](NC(=O)c1cc(=O)[nH]c(=O)[nH]1)C(=O)OC(C)(C)C. The van der Waals surface area contributed by atoms with Crippen LogP contribution in [0.3, 0.4) is 0 Å². The molecule has 0 saturated carbocycles. The molecule has 1 aromatic rings. The molecule has 1 aromatic heterocycles. The van der Waals surface area contributed by atoms with E-state index in [1.165, 1.54) is 6.92 Å². The van der Waals surface area contributed by atoms with Crippen LogP contribution < -0.4 is 16.6 Å². The number of esters is 1. The van der Waals surface area contributed by atoms with Crippen LogP contribution in [0, 0.1) is 0 Å². The Kier molecular flexibility index (Phi) is 4.49. The number of hydrogen-bond donors (Lipinski definition) is 3.